The van der Waals surface area contributed by atoms with Crippen molar-refractivity contribution in [2.24, 2.45) is 5.92 Å². The van der Waals surface area contributed by atoms with E-state index in [0.29, 0.717) is 0 Å². The molecule has 0 bridgehead atoms. The summed E-state index contributed by atoms with van der Waals surface area (Å²) in [5.41, 5.74) is 0. The van der Waals surface area contributed by atoms with Crippen LogP contribution in [0.1, 0.15) is 13.8 Å². The molecular weight excluding hydrogens is 150 g/mol. The first kappa shape index (κ1) is 7.76. The molecule has 3 heteroatoms. The Morgan fingerprint density at radius 2 is 1.89 bits per heavy atom. The van der Waals surface area contributed by atoms with Crippen LogP contribution in [0.5, 0.6) is 0 Å². The molecular formula is C6H13NS2. The zero-order valence-electron chi connectivity index (χ0n) is 5.89. The largest absolute Gasteiger partial charge is 0.299 e. The molecule has 1 rings (SSSR count). The van der Waals surface area contributed by atoms with Gasteiger partial charge in [0.2, 0.25) is 0 Å². The highest BCUT2D eigenvalue weighted by atomic mass is 32.2. The van der Waals surface area contributed by atoms with Crippen LogP contribution in [0.4, 0.5) is 0 Å². The zero-order valence-corrected chi connectivity index (χ0v) is 7.52. The van der Waals surface area contributed by atoms with Gasteiger partial charge in [-0.15, -0.1) is 23.5 Å². The van der Waals surface area contributed by atoms with Crippen LogP contribution in [0.2, 0.25) is 0 Å². The molecule has 0 atom stereocenters. The Morgan fingerprint density at radius 3 is 2.22 bits per heavy atom. The topological polar surface area (TPSA) is 12.0 Å². The summed E-state index contributed by atoms with van der Waals surface area (Å²) in [6, 6.07) is 0. The summed E-state index contributed by atoms with van der Waals surface area (Å²) in [5.74, 6) is 3.09. The molecule has 9 heavy (non-hydrogen) atoms. The van der Waals surface area contributed by atoms with Crippen molar-refractivity contribution < 1.29 is 0 Å². The van der Waals surface area contributed by atoms with E-state index in [1.54, 1.807) is 0 Å². The van der Waals surface area contributed by atoms with Crippen LogP contribution < -0.4 is 5.32 Å². The maximum absolute atomic E-state index is 3.30. The fraction of sp³-hybridized carbons (Fsp3) is 1.00. The second-order valence-corrected chi connectivity index (χ2v) is 5.04. The molecule has 0 saturated carbocycles. The highest BCUT2D eigenvalue weighted by molar-refractivity contribution is 8.17. The minimum absolute atomic E-state index is 0.821. The average molecular weight is 163 g/mol. The molecule has 1 saturated heterocycles. The number of nitrogens with one attached hydrogen (secondary N) is 1. The summed E-state index contributed by atoms with van der Waals surface area (Å²) >= 11 is 4.05. The lowest BCUT2D eigenvalue weighted by Crippen LogP contribution is -2.24. The summed E-state index contributed by atoms with van der Waals surface area (Å²) in [7, 11) is 0. The van der Waals surface area contributed by atoms with Crippen molar-refractivity contribution in [3.8, 4) is 0 Å². The molecule has 1 aliphatic heterocycles. The van der Waals surface area contributed by atoms with Crippen LogP contribution in [0.25, 0.3) is 0 Å². The van der Waals surface area contributed by atoms with Gasteiger partial charge in [-0.25, -0.2) is 0 Å². The molecule has 0 aromatic heterocycles. The first-order chi connectivity index (χ1) is 4.30. The first-order valence-corrected chi connectivity index (χ1v) is 5.34. The van der Waals surface area contributed by atoms with E-state index in [0.717, 1.165) is 22.3 Å². The molecule has 0 aliphatic carbocycles. The molecule has 1 heterocycles. The third kappa shape index (κ3) is 2.40. The van der Waals surface area contributed by atoms with Crippen LogP contribution in [-0.4, -0.2) is 16.3 Å². The molecule has 1 N–H and O–H groups in total. The van der Waals surface area contributed by atoms with Gasteiger partial charge in [0.05, 0.1) is 4.58 Å². The fourth-order valence-corrected chi connectivity index (χ4v) is 3.22. The number of hydrogen-bond donors (Lipinski definition) is 1. The molecule has 1 nitrogen and oxygen atoms in total. The van der Waals surface area contributed by atoms with Gasteiger partial charge < -0.3 is 0 Å². The summed E-state index contributed by atoms with van der Waals surface area (Å²) < 4.78 is 0.825. The van der Waals surface area contributed by atoms with Crippen LogP contribution in [0.3, 0.4) is 0 Å². The van der Waals surface area contributed by atoms with Crippen molar-refractivity contribution in [2.45, 2.75) is 18.4 Å². The van der Waals surface area contributed by atoms with Gasteiger partial charge in [-0.05, 0) is 5.92 Å². The lowest BCUT2D eigenvalue weighted by atomic mass is 10.3. The first-order valence-electron chi connectivity index (χ1n) is 3.24. The van der Waals surface area contributed by atoms with Gasteiger partial charge in [0.15, 0.2) is 0 Å². The van der Waals surface area contributed by atoms with Crippen molar-refractivity contribution in [1.29, 1.82) is 0 Å². The smallest absolute Gasteiger partial charge is 0.0551 e. The maximum atomic E-state index is 3.30. The Hall–Kier alpha value is 0.660. The van der Waals surface area contributed by atoms with E-state index < -0.39 is 0 Å². The van der Waals surface area contributed by atoms with Gasteiger partial charge in [-0.3, -0.25) is 5.32 Å². The van der Waals surface area contributed by atoms with E-state index in [4.69, 9.17) is 0 Å². The van der Waals surface area contributed by atoms with Crippen LogP contribution >= 0.6 is 23.5 Å². The zero-order chi connectivity index (χ0) is 6.69. The molecule has 1 fully saturated rings. The molecule has 0 unspecified atom stereocenters. The third-order valence-corrected chi connectivity index (χ3v) is 4.55. The van der Waals surface area contributed by atoms with Crippen molar-refractivity contribution in [3.05, 3.63) is 0 Å². The standard InChI is InChI=1S/C6H13NS2/c1-5(2)6-8-3-7-4-9-6/h5-7H,3-4H2,1-2H3. The Bertz CT molecular complexity index is 79.1. The highest BCUT2D eigenvalue weighted by Crippen LogP contribution is 2.31. The van der Waals surface area contributed by atoms with E-state index in [9.17, 15) is 0 Å². The van der Waals surface area contributed by atoms with Gasteiger partial charge in [0.1, 0.15) is 0 Å². The predicted molar refractivity (Wildman–Crippen MR) is 46.7 cm³/mol. The SMILES string of the molecule is CC(C)C1SCNCS1. The molecule has 0 radical (unpaired) electrons. The molecule has 0 aromatic rings. The van der Waals surface area contributed by atoms with Crippen LogP contribution in [0.15, 0.2) is 0 Å². The second-order valence-electron chi connectivity index (χ2n) is 2.48. The highest BCUT2D eigenvalue weighted by Gasteiger charge is 2.16. The van der Waals surface area contributed by atoms with Gasteiger partial charge in [-0.1, -0.05) is 13.8 Å². The van der Waals surface area contributed by atoms with E-state index in [1.165, 1.54) is 0 Å². The second kappa shape index (κ2) is 3.74. The van der Waals surface area contributed by atoms with E-state index >= 15 is 0 Å². The minimum Gasteiger partial charge on any atom is -0.299 e. The third-order valence-electron chi connectivity index (χ3n) is 1.24. The average Bonchev–Trinajstić information content (AvgIpc) is 1.90. The Balaban J connectivity index is 2.23. The summed E-state index contributed by atoms with van der Waals surface area (Å²) in [6.07, 6.45) is 0. The molecule has 1 aliphatic rings. The van der Waals surface area contributed by atoms with Crippen LogP contribution in [0, 0.1) is 5.92 Å². The Labute approximate surface area is 65.4 Å². The Kier molecular flexibility index (Phi) is 3.22. The van der Waals surface area contributed by atoms with E-state index in [2.05, 4.69) is 19.2 Å². The molecule has 0 aromatic carbocycles. The lowest BCUT2D eigenvalue weighted by molar-refractivity contribution is 0.712. The number of hydrogen-bond acceptors (Lipinski definition) is 3. The minimum atomic E-state index is 0.821. The van der Waals surface area contributed by atoms with Gasteiger partial charge in [-0.2, -0.15) is 0 Å². The lowest BCUT2D eigenvalue weighted by Gasteiger charge is -2.24. The van der Waals surface area contributed by atoms with E-state index in [-0.39, 0.29) is 0 Å². The molecule has 0 amide bonds. The maximum Gasteiger partial charge on any atom is 0.0551 e. The van der Waals surface area contributed by atoms with Gasteiger partial charge >= 0.3 is 0 Å². The van der Waals surface area contributed by atoms with Gasteiger partial charge in [0.25, 0.3) is 0 Å². The Morgan fingerprint density at radius 1 is 1.33 bits per heavy atom. The summed E-state index contributed by atoms with van der Waals surface area (Å²) in [5, 5.41) is 3.30. The van der Waals surface area contributed by atoms with Crippen LogP contribution in [-0.2, 0) is 0 Å². The predicted octanol–water partition coefficient (Wildman–Crippen LogP) is 1.95. The summed E-state index contributed by atoms with van der Waals surface area (Å²) in [4.78, 5) is 0. The number of thioether (sulfide) groups is 2. The van der Waals surface area contributed by atoms with Crippen molar-refractivity contribution in [1.82, 2.24) is 5.32 Å². The van der Waals surface area contributed by atoms with Crippen molar-refractivity contribution in [2.75, 3.05) is 11.8 Å². The fourth-order valence-electron chi connectivity index (χ4n) is 0.757. The molecule has 0 spiro atoms. The van der Waals surface area contributed by atoms with E-state index in [1.807, 2.05) is 23.5 Å². The van der Waals surface area contributed by atoms with Crippen molar-refractivity contribution >= 4 is 23.5 Å². The van der Waals surface area contributed by atoms with Crippen molar-refractivity contribution in [3.63, 3.8) is 0 Å². The van der Waals surface area contributed by atoms with Gasteiger partial charge in [0, 0.05) is 11.8 Å². The monoisotopic (exact) mass is 163 g/mol. The quantitative estimate of drug-likeness (QED) is 0.634. The number of rotatable bonds is 1. The molecule has 54 valence electrons. The summed E-state index contributed by atoms with van der Waals surface area (Å²) in [6.45, 7) is 4.58. The normalized spacial score (nSPS) is 23.0.